The van der Waals surface area contributed by atoms with Crippen molar-refractivity contribution in [3.63, 3.8) is 0 Å². The van der Waals surface area contributed by atoms with Gasteiger partial charge in [-0.2, -0.15) is 0 Å². The van der Waals surface area contributed by atoms with Crippen LogP contribution >= 0.6 is 0 Å². The third-order valence-corrected chi connectivity index (χ3v) is 4.96. The minimum atomic E-state index is 0.189. The van der Waals surface area contributed by atoms with E-state index in [2.05, 4.69) is 37.4 Å². The molecule has 1 amide bonds. The summed E-state index contributed by atoms with van der Waals surface area (Å²) in [4.78, 5) is 13.5. The highest BCUT2D eigenvalue weighted by Gasteiger charge is 2.28. The molecule has 2 heterocycles. The van der Waals surface area contributed by atoms with E-state index in [1.165, 1.54) is 10.9 Å². The highest BCUT2D eigenvalue weighted by atomic mass is 16.3. The monoisotopic (exact) mass is 314 g/mol. The van der Waals surface area contributed by atoms with Gasteiger partial charge < -0.3 is 14.6 Å². The van der Waals surface area contributed by atoms with Crippen LogP contribution in [0.5, 0.6) is 0 Å². The zero-order valence-corrected chi connectivity index (χ0v) is 14.3. The van der Waals surface area contributed by atoms with E-state index in [1.54, 1.807) is 6.92 Å². The van der Waals surface area contributed by atoms with E-state index in [-0.39, 0.29) is 5.91 Å². The molecule has 4 heteroatoms. The third kappa shape index (κ3) is 3.58. The van der Waals surface area contributed by atoms with Crippen LogP contribution in [0.4, 0.5) is 0 Å². The van der Waals surface area contributed by atoms with Gasteiger partial charge in [-0.25, -0.2) is 0 Å². The number of carbonyl (C=O) groups is 1. The number of nitrogens with one attached hydrogen (secondary N) is 1. The Morgan fingerprint density at radius 3 is 2.96 bits per heavy atom. The highest BCUT2D eigenvalue weighted by Crippen LogP contribution is 2.23. The summed E-state index contributed by atoms with van der Waals surface area (Å²) >= 11 is 0. The molecule has 4 nitrogen and oxygen atoms in total. The lowest BCUT2D eigenvalue weighted by Crippen LogP contribution is -2.50. The molecular formula is C19H26N2O2. The Bertz CT molecular complexity index is 692. The van der Waals surface area contributed by atoms with Crippen molar-refractivity contribution in [3.05, 3.63) is 35.6 Å². The van der Waals surface area contributed by atoms with E-state index in [4.69, 9.17) is 4.42 Å². The van der Waals surface area contributed by atoms with Gasteiger partial charge in [-0.05, 0) is 37.5 Å². The molecule has 2 atom stereocenters. The lowest BCUT2D eigenvalue weighted by molar-refractivity contribution is -0.131. The molecule has 0 unspecified atom stereocenters. The van der Waals surface area contributed by atoms with Crippen LogP contribution in [0.1, 0.15) is 38.0 Å². The predicted octanol–water partition coefficient (Wildman–Crippen LogP) is 3.48. The van der Waals surface area contributed by atoms with Crippen molar-refractivity contribution in [2.45, 2.75) is 46.2 Å². The van der Waals surface area contributed by atoms with Gasteiger partial charge in [-0.15, -0.1) is 0 Å². The minimum absolute atomic E-state index is 0.189. The zero-order valence-electron chi connectivity index (χ0n) is 14.3. The summed E-state index contributed by atoms with van der Waals surface area (Å²) in [5, 5.41) is 4.81. The first-order valence-electron chi connectivity index (χ1n) is 8.54. The average molecular weight is 314 g/mol. The Morgan fingerprint density at radius 1 is 1.39 bits per heavy atom. The number of benzene rings is 1. The van der Waals surface area contributed by atoms with E-state index in [0.717, 1.165) is 43.8 Å². The maximum absolute atomic E-state index is 11.6. The molecule has 23 heavy (non-hydrogen) atoms. The molecule has 0 radical (unpaired) electrons. The molecule has 2 aromatic rings. The standard InChI is InChI=1S/C19H26N2O2/c1-4-15-12-21(14(3)22)8-7-18(15)20-11-17-10-16-9-13(2)5-6-19(16)23-17/h5-6,9-10,15,18,20H,4,7-8,11-12H2,1-3H3/t15-,18+/m1/s1. The Hall–Kier alpha value is -1.81. The molecule has 124 valence electrons. The third-order valence-electron chi connectivity index (χ3n) is 4.96. The van der Waals surface area contributed by atoms with Crippen LogP contribution in [-0.2, 0) is 11.3 Å². The fraction of sp³-hybridized carbons (Fsp3) is 0.526. The number of carbonyl (C=O) groups excluding carboxylic acids is 1. The van der Waals surface area contributed by atoms with Crippen LogP contribution in [0.15, 0.2) is 28.7 Å². The van der Waals surface area contributed by atoms with Crippen LogP contribution in [0.2, 0.25) is 0 Å². The number of hydrogen-bond donors (Lipinski definition) is 1. The fourth-order valence-corrected chi connectivity index (χ4v) is 3.54. The summed E-state index contributed by atoms with van der Waals surface area (Å²) in [6, 6.07) is 8.84. The molecule has 0 bridgehead atoms. The largest absolute Gasteiger partial charge is 0.460 e. The molecule has 1 fully saturated rings. The van der Waals surface area contributed by atoms with Crippen molar-refractivity contribution in [3.8, 4) is 0 Å². The Balaban J connectivity index is 1.63. The quantitative estimate of drug-likeness (QED) is 0.940. The van der Waals surface area contributed by atoms with Gasteiger partial charge in [0.25, 0.3) is 0 Å². The lowest BCUT2D eigenvalue weighted by Gasteiger charge is -2.38. The number of piperidine rings is 1. The Labute approximate surface area is 137 Å². The van der Waals surface area contributed by atoms with Gasteiger partial charge in [0.1, 0.15) is 11.3 Å². The average Bonchev–Trinajstić information content (AvgIpc) is 2.94. The van der Waals surface area contributed by atoms with Crippen molar-refractivity contribution in [1.29, 1.82) is 0 Å². The number of fused-ring (bicyclic) bond motifs is 1. The number of likely N-dealkylation sites (tertiary alicyclic amines) is 1. The van der Waals surface area contributed by atoms with Crippen molar-refractivity contribution in [1.82, 2.24) is 10.2 Å². The van der Waals surface area contributed by atoms with Gasteiger partial charge in [-0.1, -0.05) is 25.0 Å². The van der Waals surface area contributed by atoms with Crippen molar-refractivity contribution < 1.29 is 9.21 Å². The van der Waals surface area contributed by atoms with Gasteiger partial charge in [-0.3, -0.25) is 4.79 Å². The maximum atomic E-state index is 11.6. The molecule has 1 aromatic carbocycles. The molecule has 1 aliphatic rings. The number of furan rings is 1. The predicted molar refractivity (Wildman–Crippen MR) is 92.2 cm³/mol. The number of amides is 1. The molecule has 1 saturated heterocycles. The van der Waals surface area contributed by atoms with E-state index < -0.39 is 0 Å². The summed E-state index contributed by atoms with van der Waals surface area (Å²) in [5.41, 5.74) is 2.20. The smallest absolute Gasteiger partial charge is 0.219 e. The van der Waals surface area contributed by atoms with Gasteiger partial charge in [0, 0.05) is 31.4 Å². The molecule has 1 aliphatic heterocycles. The van der Waals surface area contributed by atoms with Crippen LogP contribution in [0, 0.1) is 12.8 Å². The molecule has 0 spiro atoms. The summed E-state index contributed by atoms with van der Waals surface area (Å²) in [6.07, 6.45) is 2.10. The molecule has 1 N–H and O–H groups in total. The van der Waals surface area contributed by atoms with Crippen molar-refractivity contribution in [2.75, 3.05) is 13.1 Å². The number of rotatable bonds is 4. The van der Waals surface area contributed by atoms with Gasteiger partial charge in [0.2, 0.25) is 5.91 Å². The van der Waals surface area contributed by atoms with Crippen LogP contribution in [0.25, 0.3) is 11.0 Å². The van der Waals surface area contributed by atoms with Gasteiger partial charge in [0.15, 0.2) is 0 Å². The second-order valence-electron chi connectivity index (χ2n) is 6.66. The molecule has 1 aromatic heterocycles. The Morgan fingerprint density at radius 2 is 2.22 bits per heavy atom. The number of aryl methyl sites for hydroxylation is 1. The first kappa shape index (κ1) is 16.1. The molecule has 0 aliphatic carbocycles. The van der Waals surface area contributed by atoms with Gasteiger partial charge in [0.05, 0.1) is 6.54 Å². The number of hydrogen-bond acceptors (Lipinski definition) is 3. The van der Waals surface area contributed by atoms with Crippen LogP contribution < -0.4 is 5.32 Å². The lowest BCUT2D eigenvalue weighted by atomic mass is 9.90. The number of nitrogens with zero attached hydrogens (tertiary/aromatic N) is 1. The highest BCUT2D eigenvalue weighted by molar-refractivity contribution is 5.78. The van der Waals surface area contributed by atoms with E-state index in [1.807, 2.05) is 11.0 Å². The summed E-state index contributed by atoms with van der Waals surface area (Å²) in [7, 11) is 0. The first-order valence-corrected chi connectivity index (χ1v) is 8.54. The van der Waals surface area contributed by atoms with Gasteiger partial charge >= 0.3 is 0 Å². The topological polar surface area (TPSA) is 45.5 Å². The second kappa shape index (κ2) is 6.75. The molecular weight excluding hydrogens is 288 g/mol. The molecule has 3 rings (SSSR count). The van der Waals surface area contributed by atoms with E-state index in [9.17, 15) is 4.79 Å². The van der Waals surface area contributed by atoms with Crippen molar-refractivity contribution in [2.24, 2.45) is 5.92 Å². The zero-order chi connectivity index (χ0) is 16.4. The fourth-order valence-electron chi connectivity index (χ4n) is 3.54. The minimum Gasteiger partial charge on any atom is -0.460 e. The van der Waals surface area contributed by atoms with Crippen LogP contribution in [-0.4, -0.2) is 29.9 Å². The normalized spacial score (nSPS) is 21.8. The first-order chi connectivity index (χ1) is 11.1. The Kier molecular flexibility index (Phi) is 4.71. The maximum Gasteiger partial charge on any atom is 0.219 e. The van der Waals surface area contributed by atoms with E-state index in [0.29, 0.717) is 12.0 Å². The summed E-state index contributed by atoms with van der Waals surface area (Å²) < 4.78 is 5.92. The summed E-state index contributed by atoms with van der Waals surface area (Å²) in [6.45, 7) is 8.42. The molecule has 0 saturated carbocycles. The second-order valence-corrected chi connectivity index (χ2v) is 6.66. The van der Waals surface area contributed by atoms with Crippen molar-refractivity contribution >= 4 is 16.9 Å². The van der Waals surface area contributed by atoms with E-state index >= 15 is 0 Å². The summed E-state index contributed by atoms with van der Waals surface area (Å²) in [5.74, 6) is 1.68. The van der Waals surface area contributed by atoms with Crippen LogP contribution in [0.3, 0.4) is 0 Å². The SMILES string of the molecule is CC[C@@H]1CN(C(C)=O)CC[C@@H]1NCc1cc2cc(C)ccc2o1.